The van der Waals surface area contributed by atoms with E-state index in [2.05, 4.69) is 5.32 Å². The Hall–Kier alpha value is -1.89. The van der Waals surface area contributed by atoms with Gasteiger partial charge in [0.05, 0.1) is 18.8 Å². The molecule has 1 fully saturated rings. The molecule has 1 N–H and O–H groups in total. The zero-order chi connectivity index (χ0) is 15.2. The van der Waals surface area contributed by atoms with Crippen molar-refractivity contribution in [2.24, 2.45) is 5.92 Å². The number of hydrogen-bond donors (Lipinski definition) is 1. The predicted octanol–water partition coefficient (Wildman–Crippen LogP) is 1.57. The lowest BCUT2D eigenvalue weighted by Gasteiger charge is -2.32. The SMILES string of the molecule is CCOC(=O)C1CCN(C(=S)NC(=O)c2ccco2)CC1. The highest BCUT2D eigenvalue weighted by molar-refractivity contribution is 7.80. The highest BCUT2D eigenvalue weighted by Crippen LogP contribution is 2.18. The van der Waals surface area contributed by atoms with Crippen LogP contribution in [0.25, 0.3) is 0 Å². The van der Waals surface area contributed by atoms with Gasteiger partial charge in [-0.15, -0.1) is 0 Å². The van der Waals surface area contributed by atoms with Crippen LogP contribution in [0.5, 0.6) is 0 Å². The van der Waals surface area contributed by atoms with Gasteiger partial charge in [-0.25, -0.2) is 0 Å². The topological polar surface area (TPSA) is 71.8 Å². The third-order valence-electron chi connectivity index (χ3n) is 3.37. The number of hydrogen-bond acceptors (Lipinski definition) is 5. The average Bonchev–Trinajstić information content (AvgIpc) is 3.02. The van der Waals surface area contributed by atoms with E-state index in [1.165, 1.54) is 6.26 Å². The molecule has 2 rings (SSSR count). The number of carbonyl (C=O) groups is 2. The van der Waals surface area contributed by atoms with Gasteiger partial charge in [-0.05, 0) is 44.1 Å². The molecule has 2 heterocycles. The van der Waals surface area contributed by atoms with Gasteiger partial charge in [0.25, 0.3) is 5.91 Å². The molecule has 0 saturated carbocycles. The lowest BCUT2D eigenvalue weighted by atomic mass is 9.97. The number of rotatable bonds is 3. The molecular formula is C14H18N2O4S. The van der Waals surface area contributed by atoms with Crippen molar-refractivity contribution in [3.05, 3.63) is 24.2 Å². The largest absolute Gasteiger partial charge is 0.466 e. The molecule has 21 heavy (non-hydrogen) atoms. The van der Waals surface area contributed by atoms with Crippen LogP contribution in [0.4, 0.5) is 0 Å². The van der Waals surface area contributed by atoms with Gasteiger partial charge < -0.3 is 14.1 Å². The molecule has 0 radical (unpaired) electrons. The zero-order valence-electron chi connectivity index (χ0n) is 11.8. The van der Waals surface area contributed by atoms with E-state index in [9.17, 15) is 9.59 Å². The fourth-order valence-corrected chi connectivity index (χ4v) is 2.50. The van der Waals surface area contributed by atoms with Crippen molar-refractivity contribution in [2.45, 2.75) is 19.8 Å². The summed E-state index contributed by atoms with van der Waals surface area (Å²) < 4.78 is 10.0. The molecule has 0 atom stereocenters. The smallest absolute Gasteiger partial charge is 0.309 e. The molecule has 0 spiro atoms. The minimum Gasteiger partial charge on any atom is -0.466 e. The zero-order valence-corrected chi connectivity index (χ0v) is 12.6. The van der Waals surface area contributed by atoms with Crippen LogP contribution in [0.3, 0.4) is 0 Å². The van der Waals surface area contributed by atoms with Crippen molar-refractivity contribution < 1.29 is 18.7 Å². The maximum absolute atomic E-state index is 11.8. The summed E-state index contributed by atoms with van der Waals surface area (Å²) in [7, 11) is 0. The summed E-state index contributed by atoms with van der Waals surface area (Å²) >= 11 is 5.22. The van der Waals surface area contributed by atoms with E-state index in [-0.39, 0.29) is 23.6 Å². The number of esters is 1. The summed E-state index contributed by atoms with van der Waals surface area (Å²) in [6.45, 7) is 3.45. The van der Waals surface area contributed by atoms with Gasteiger partial charge in [0.1, 0.15) is 0 Å². The van der Waals surface area contributed by atoms with Crippen LogP contribution in [-0.2, 0) is 9.53 Å². The maximum Gasteiger partial charge on any atom is 0.309 e. The van der Waals surface area contributed by atoms with Crippen LogP contribution in [-0.4, -0.2) is 41.6 Å². The van der Waals surface area contributed by atoms with Crippen LogP contribution < -0.4 is 5.32 Å². The number of nitrogens with zero attached hydrogens (tertiary/aromatic N) is 1. The first-order valence-electron chi connectivity index (χ1n) is 6.92. The van der Waals surface area contributed by atoms with Crippen LogP contribution in [0, 0.1) is 5.92 Å². The Morgan fingerprint density at radius 2 is 2.19 bits per heavy atom. The predicted molar refractivity (Wildman–Crippen MR) is 79.7 cm³/mol. The number of amides is 1. The van der Waals surface area contributed by atoms with Gasteiger partial charge in [0.15, 0.2) is 10.9 Å². The second-order valence-corrected chi connectivity index (χ2v) is 5.14. The van der Waals surface area contributed by atoms with Crippen molar-refractivity contribution in [3.63, 3.8) is 0 Å². The minimum absolute atomic E-state index is 0.0789. The molecule has 1 saturated heterocycles. The van der Waals surface area contributed by atoms with Crippen LogP contribution in [0.1, 0.15) is 30.3 Å². The van der Waals surface area contributed by atoms with Crippen LogP contribution >= 0.6 is 12.2 Å². The second kappa shape index (κ2) is 7.21. The third kappa shape index (κ3) is 4.04. The summed E-state index contributed by atoms with van der Waals surface area (Å²) in [5.74, 6) is -0.372. The average molecular weight is 310 g/mol. The Morgan fingerprint density at radius 1 is 1.48 bits per heavy atom. The maximum atomic E-state index is 11.8. The molecule has 0 bridgehead atoms. The Labute approximate surface area is 128 Å². The fraction of sp³-hybridized carbons (Fsp3) is 0.500. The van der Waals surface area contributed by atoms with Crippen molar-refractivity contribution >= 4 is 29.2 Å². The molecule has 1 aliphatic heterocycles. The van der Waals surface area contributed by atoms with Gasteiger partial charge in [-0.2, -0.15) is 0 Å². The van der Waals surface area contributed by atoms with Gasteiger partial charge in [0.2, 0.25) is 0 Å². The number of piperidine rings is 1. The monoisotopic (exact) mass is 310 g/mol. The molecule has 0 unspecified atom stereocenters. The Bertz CT molecular complexity index is 507. The van der Waals surface area contributed by atoms with Crippen LogP contribution in [0.15, 0.2) is 22.8 Å². The first-order valence-corrected chi connectivity index (χ1v) is 7.33. The third-order valence-corrected chi connectivity index (χ3v) is 3.73. The van der Waals surface area contributed by atoms with Crippen LogP contribution in [0.2, 0.25) is 0 Å². The molecule has 0 aromatic carbocycles. The van der Waals surface area contributed by atoms with Crippen molar-refractivity contribution in [1.82, 2.24) is 10.2 Å². The number of furan rings is 1. The number of carbonyl (C=O) groups excluding carboxylic acids is 2. The summed E-state index contributed by atoms with van der Waals surface area (Å²) in [5, 5.41) is 2.99. The first kappa shape index (κ1) is 15.5. The van der Waals surface area contributed by atoms with Gasteiger partial charge in [-0.3, -0.25) is 14.9 Å². The van der Waals surface area contributed by atoms with E-state index in [0.717, 1.165) is 0 Å². The van der Waals surface area contributed by atoms with Gasteiger partial charge in [-0.1, -0.05) is 0 Å². The summed E-state index contributed by atoms with van der Waals surface area (Å²) in [4.78, 5) is 25.4. The summed E-state index contributed by atoms with van der Waals surface area (Å²) in [6, 6.07) is 3.22. The van der Waals surface area contributed by atoms with E-state index < -0.39 is 0 Å². The van der Waals surface area contributed by atoms with Crippen molar-refractivity contribution in [2.75, 3.05) is 19.7 Å². The molecule has 114 valence electrons. The Balaban J connectivity index is 1.80. The number of likely N-dealkylation sites (tertiary alicyclic amines) is 1. The van der Waals surface area contributed by atoms with E-state index in [0.29, 0.717) is 37.7 Å². The molecule has 1 aromatic heterocycles. The number of thiocarbonyl (C=S) groups is 1. The summed E-state index contributed by atoms with van der Waals surface area (Å²) in [6.07, 6.45) is 2.79. The molecular weight excluding hydrogens is 292 g/mol. The highest BCUT2D eigenvalue weighted by Gasteiger charge is 2.27. The second-order valence-electron chi connectivity index (χ2n) is 4.75. The molecule has 7 heteroatoms. The number of nitrogens with one attached hydrogen (secondary N) is 1. The standard InChI is InChI=1S/C14H18N2O4S/c1-2-19-13(18)10-5-7-16(8-6-10)14(21)15-12(17)11-4-3-9-20-11/h3-4,9-10H,2,5-8H2,1H3,(H,15,17,21). The molecule has 1 aliphatic rings. The normalized spacial score (nSPS) is 15.6. The van der Waals surface area contributed by atoms with E-state index >= 15 is 0 Å². The molecule has 0 aliphatic carbocycles. The first-order chi connectivity index (χ1) is 10.1. The molecule has 1 amide bonds. The van der Waals surface area contributed by atoms with Gasteiger partial charge in [0, 0.05) is 13.1 Å². The quantitative estimate of drug-likeness (QED) is 0.675. The van der Waals surface area contributed by atoms with Gasteiger partial charge >= 0.3 is 5.97 Å². The van der Waals surface area contributed by atoms with E-state index in [1.807, 2.05) is 4.90 Å². The Morgan fingerprint density at radius 3 is 2.76 bits per heavy atom. The van der Waals surface area contributed by atoms with E-state index in [1.54, 1.807) is 19.1 Å². The number of ether oxygens (including phenoxy) is 1. The lowest BCUT2D eigenvalue weighted by molar-refractivity contribution is -0.149. The highest BCUT2D eigenvalue weighted by atomic mass is 32.1. The molecule has 6 nitrogen and oxygen atoms in total. The van der Waals surface area contributed by atoms with Crippen molar-refractivity contribution in [3.8, 4) is 0 Å². The van der Waals surface area contributed by atoms with Crippen molar-refractivity contribution in [1.29, 1.82) is 0 Å². The lowest BCUT2D eigenvalue weighted by Crippen LogP contribution is -2.47. The molecule has 1 aromatic rings. The Kier molecular flexibility index (Phi) is 5.32. The fourth-order valence-electron chi connectivity index (χ4n) is 2.22. The minimum atomic E-state index is -0.363. The van der Waals surface area contributed by atoms with E-state index in [4.69, 9.17) is 21.4 Å². The summed E-state index contributed by atoms with van der Waals surface area (Å²) in [5.41, 5.74) is 0.